The van der Waals surface area contributed by atoms with Crippen LogP contribution in [0.25, 0.3) is 0 Å². The first kappa shape index (κ1) is 9.99. The van der Waals surface area contributed by atoms with Gasteiger partial charge in [-0.05, 0) is 26.8 Å². The molecule has 12 heavy (non-hydrogen) atoms. The van der Waals surface area contributed by atoms with Gasteiger partial charge in [-0.1, -0.05) is 0 Å². The van der Waals surface area contributed by atoms with Crippen molar-refractivity contribution in [3.63, 3.8) is 0 Å². The topological polar surface area (TPSA) is 37.4 Å². The third-order valence-corrected chi connectivity index (χ3v) is 4.11. The van der Waals surface area contributed by atoms with Gasteiger partial charge in [-0.15, -0.1) is 0 Å². The molecule has 1 rings (SSSR count). The van der Waals surface area contributed by atoms with Crippen molar-refractivity contribution in [2.75, 3.05) is 19.3 Å². The van der Waals surface area contributed by atoms with E-state index in [2.05, 4.69) is 18.7 Å². The Hall–Kier alpha value is -0.0900. The van der Waals surface area contributed by atoms with E-state index in [1.807, 2.05) is 0 Å². The van der Waals surface area contributed by atoms with E-state index in [9.17, 15) is 8.42 Å². The van der Waals surface area contributed by atoms with Crippen LogP contribution in [0.5, 0.6) is 0 Å². The Morgan fingerprint density at radius 3 is 2.25 bits per heavy atom. The minimum absolute atomic E-state index is 0.125. The lowest BCUT2D eigenvalue weighted by molar-refractivity contribution is 0.276. The summed E-state index contributed by atoms with van der Waals surface area (Å²) in [5.41, 5.74) is 0. The number of hydrogen-bond acceptors (Lipinski definition) is 3. The SMILES string of the molecule is CC(C)N1CC[C@@H](S(C)(=O)=O)C1. The first-order valence-electron chi connectivity index (χ1n) is 4.34. The zero-order valence-electron chi connectivity index (χ0n) is 7.95. The largest absolute Gasteiger partial charge is 0.300 e. The summed E-state index contributed by atoms with van der Waals surface area (Å²) in [6.07, 6.45) is 2.14. The summed E-state index contributed by atoms with van der Waals surface area (Å²) >= 11 is 0. The first-order valence-corrected chi connectivity index (χ1v) is 6.29. The summed E-state index contributed by atoms with van der Waals surface area (Å²) in [6, 6.07) is 0.469. The number of likely N-dealkylation sites (tertiary alicyclic amines) is 1. The van der Waals surface area contributed by atoms with Gasteiger partial charge >= 0.3 is 0 Å². The van der Waals surface area contributed by atoms with Crippen molar-refractivity contribution in [3.8, 4) is 0 Å². The molecule has 1 fully saturated rings. The summed E-state index contributed by atoms with van der Waals surface area (Å²) < 4.78 is 22.4. The highest BCUT2D eigenvalue weighted by molar-refractivity contribution is 7.91. The molecule has 0 N–H and O–H groups in total. The third kappa shape index (κ3) is 2.20. The van der Waals surface area contributed by atoms with E-state index >= 15 is 0 Å². The van der Waals surface area contributed by atoms with Crippen LogP contribution in [0.1, 0.15) is 20.3 Å². The lowest BCUT2D eigenvalue weighted by Crippen LogP contribution is -2.31. The molecule has 1 atom stereocenters. The lowest BCUT2D eigenvalue weighted by atomic mass is 10.3. The van der Waals surface area contributed by atoms with Gasteiger partial charge in [0.1, 0.15) is 0 Å². The fourth-order valence-corrected chi connectivity index (χ4v) is 2.57. The molecule has 0 radical (unpaired) electrons. The summed E-state index contributed by atoms with van der Waals surface area (Å²) in [4.78, 5) is 2.21. The minimum atomic E-state index is -2.81. The maximum atomic E-state index is 11.2. The lowest BCUT2D eigenvalue weighted by Gasteiger charge is -2.19. The van der Waals surface area contributed by atoms with Gasteiger partial charge in [0.2, 0.25) is 0 Å². The Morgan fingerprint density at radius 2 is 2.00 bits per heavy atom. The molecule has 1 heterocycles. The summed E-state index contributed by atoms with van der Waals surface area (Å²) in [5.74, 6) is 0. The normalized spacial score (nSPS) is 26.8. The van der Waals surface area contributed by atoms with Gasteiger partial charge in [-0.25, -0.2) is 8.42 Å². The van der Waals surface area contributed by atoms with Crippen LogP contribution < -0.4 is 0 Å². The van der Waals surface area contributed by atoms with Crippen LogP contribution in [0.3, 0.4) is 0 Å². The van der Waals surface area contributed by atoms with E-state index in [-0.39, 0.29) is 5.25 Å². The van der Waals surface area contributed by atoms with Gasteiger partial charge in [0, 0.05) is 18.8 Å². The predicted octanol–water partition coefficient (Wildman–Crippen LogP) is 0.514. The van der Waals surface area contributed by atoms with Gasteiger partial charge in [0.05, 0.1) is 5.25 Å². The van der Waals surface area contributed by atoms with Gasteiger partial charge < -0.3 is 0 Å². The van der Waals surface area contributed by atoms with Crippen LogP contribution in [0, 0.1) is 0 Å². The third-order valence-electron chi connectivity index (χ3n) is 2.51. The second kappa shape index (κ2) is 3.34. The molecule has 0 aromatic carbocycles. The molecule has 1 aliphatic heterocycles. The monoisotopic (exact) mass is 191 g/mol. The average Bonchev–Trinajstić information content (AvgIpc) is 2.30. The average molecular weight is 191 g/mol. The zero-order chi connectivity index (χ0) is 9.35. The van der Waals surface area contributed by atoms with Crippen LogP contribution in [0.2, 0.25) is 0 Å². The van der Waals surface area contributed by atoms with Crippen molar-refractivity contribution in [2.45, 2.75) is 31.6 Å². The van der Waals surface area contributed by atoms with E-state index < -0.39 is 9.84 Å². The molecule has 1 saturated heterocycles. The van der Waals surface area contributed by atoms with E-state index in [1.165, 1.54) is 6.26 Å². The minimum Gasteiger partial charge on any atom is -0.300 e. The predicted molar refractivity (Wildman–Crippen MR) is 50.0 cm³/mol. The fourth-order valence-electron chi connectivity index (χ4n) is 1.57. The summed E-state index contributed by atoms with van der Waals surface area (Å²) in [5, 5.41) is -0.125. The smallest absolute Gasteiger partial charge is 0.151 e. The van der Waals surface area contributed by atoms with Crippen molar-refractivity contribution in [1.82, 2.24) is 4.90 Å². The van der Waals surface area contributed by atoms with Crippen LogP contribution in [0.15, 0.2) is 0 Å². The van der Waals surface area contributed by atoms with Crippen molar-refractivity contribution in [1.29, 1.82) is 0 Å². The number of nitrogens with zero attached hydrogens (tertiary/aromatic N) is 1. The second-order valence-electron chi connectivity index (χ2n) is 3.83. The van der Waals surface area contributed by atoms with Gasteiger partial charge in [-0.3, -0.25) is 4.90 Å². The van der Waals surface area contributed by atoms with E-state index in [0.29, 0.717) is 6.04 Å². The molecule has 4 heteroatoms. The molecule has 0 aromatic heterocycles. The van der Waals surface area contributed by atoms with Crippen LogP contribution >= 0.6 is 0 Å². The molecule has 0 saturated carbocycles. The van der Waals surface area contributed by atoms with Gasteiger partial charge in [0.15, 0.2) is 9.84 Å². The van der Waals surface area contributed by atoms with Crippen molar-refractivity contribution >= 4 is 9.84 Å². The molecule has 72 valence electrons. The number of sulfone groups is 1. The van der Waals surface area contributed by atoms with E-state index in [0.717, 1.165) is 19.5 Å². The first-order chi connectivity index (χ1) is 5.41. The maximum absolute atomic E-state index is 11.2. The fraction of sp³-hybridized carbons (Fsp3) is 1.00. The van der Waals surface area contributed by atoms with Gasteiger partial charge in [0.25, 0.3) is 0 Å². The Morgan fingerprint density at radius 1 is 1.42 bits per heavy atom. The summed E-state index contributed by atoms with van der Waals surface area (Å²) in [6.45, 7) is 5.85. The highest BCUT2D eigenvalue weighted by Crippen LogP contribution is 2.17. The van der Waals surface area contributed by atoms with Crippen molar-refractivity contribution in [2.24, 2.45) is 0 Å². The molecular formula is C8H17NO2S. The number of rotatable bonds is 2. The highest BCUT2D eigenvalue weighted by atomic mass is 32.2. The molecule has 0 aliphatic carbocycles. The van der Waals surface area contributed by atoms with Crippen molar-refractivity contribution in [3.05, 3.63) is 0 Å². The van der Waals surface area contributed by atoms with Crippen LogP contribution in [-0.2, 0) is 9.84 Å². The molecule has 0 spiro atoms. The van der Waals surface area contributed by atoms with E-state index in [1.54, 1.807) is 0 Å². The Bertz CT molecular complexity index is 246. The molecular weight excluding hydrogens is 174 g/mol. The zero-order valence-corrected chi connectivity index (χ0v) is 8.76. The second-order valence-corrected chi connectivity index (χ2v) is 6.15. The number of hydrogen-bond donors (Lipinski definition) is 0. The molecule has 3 nitrogen and oxygen atoms in total. The Balaban J connectivity index is 2.58. The molecule has 0 bridgehead atoms. The Labute approximate surface area is 74.7 Å². The Kier molecular flexibility index (Phi) is 2.78. The molecule has 1 aliphatic rings. The molecule has 0 unspecified atom stereocenters. The molecule has 0 amide bonds. The maximum Gasteiger partial charge on any atom is 0.151 e. The van der Waals surface area contributed by atoms with Crippen LogP contribution in [-0.4, -0.2) is 44.0 Å². The quantitative estimate of drug-likeness (QED) is 0.638. The van der Waals surface area contributed by atoms with Crippen molar-refractivity contribution < 1.29 is 8.42 Å². The van der Waals surface area contributed by atoms with Gasteiger partial charge in [-0.2, -0.15) is 0 Å². The van der Waals surface area contributed by atoms with Crippen LogP contribution in [0.4, 0.5) is 0 Å². The van der Waals surface area contributed by atoms with E-state index in [4.69, 9.17) is 0 Å². The molecule has 0 aromatic rings. The highest BCUT2D eigenvalue weighted by Gasteiger charge is 2.30. The standard InChI is InChI=1S/C8H17NO2S/c1-7(2)9-5-4-8(6-9)12(3,10)11/h7-8H,4-6H2,1-3H3/t8-/m1/s1. The summed E-state index contributed by atoms with van der Waals surface area (Å²) in [7, 11) is -2.81.